The van der Waals surface area contributed by atoms with Crippen LogP contribution >= 0.6 is 0 Å². The second kappa shape index (κ2) is 5.50. The third-order valence-corrected chi connectivity index (χ3v) is 3.20. The fraction of sp³-hybridized carbons (Fsp3) is 0.917. The minimum atomic E-state index is -0.197. The summed E-state index contributed by atoms with van der Waals surface area (Å²) >= 11 is 0. The quantitative estimate of drug-likeness (QED) is 0.728. The Kier molecular flexibility index (Phi) is 4.58. The lowest BCUT2D eigenvalue weighted by Gasteiger charge is -2.31. The van der Waals surface area contributed by atoms with E-state index in [4.69, 9.17) is 4.74 Å². The average Bonchev–Trinajstić information content (AvgIpc) is 2.14. The lowest BCUT2D eigenvalue weighted by atomic mass is 9.82. The zero-order chi connectivity index (χ0) is 11.4. The monoisotopic (exact) mass is 213 g/mol. The number of ether oxygens (including phenoxy) is 1. The van der Waals surface area contributed by atoms with Crippen LogP contribution in [0.25, 0.3) is 0 Å². The Morgan fingerprint density at radius 2 is 1.80 bits per heavy atom. The van der Waals surface area contributed by atoms with E-state index in [0.29, 0.717) is 11.8 Å². The van der Waals surface area contributed by atoms with E-state index in [9.17, 15) is 4.79 Å². The molecule has 1 saturated carbocycles. The first kappa shape index (κ1) is 12.5. The number of hydrogen-bond acceptors (Lipinski definition) is 3. The summed E-state index contributed by atoms with van der Waals surface area (Å²) in [7, 11) is 1.78. The van der Waals surface area contributed by atoms with E-state index >= 15 is 0 Å². The maximum Gasteiger partial charge on any atom is 0.323 e. The van der Waals surface area contributed by atoms with E-state index in [-0.39, 0.29) is 18.1 Å². The summed E-state index contributed by atoms with van der Waals surface area (Å²) in [5.41, 5.74) is 0. The van der Waals surface area contributed by atoms with Crippen LogP contribution in [0.2, 0.25) is 0 Å². The minimum absolute atomic E-state index is 0.121. The third-order valence-electron chi connectivity index (χ3n) is 3.20. The fourth-order valence-corrected chi connectivity index (χ4v) is 2.35. The van der Waals surface area contributed by atoms with Gasteiger partial charge in [0.05, 0.1) is 0 Å². The molecule has 1 N–H and O–H groups in total. The fourth-order valence-electron chi connectivity index (χ4n) is 2.35. The molecule has 0 heterocycles. The van der Waals surface area contributed by atoms with Gasteiger partial charge in [-0.15, -0.1) is 0 Å². The lowest BCUT2D eigenvalue weighted by molar-refractivity contribution is -0.153. The van der Waals surface area contributed by atoms with Crippen LogP contribution in [-0.2, 0) is 9.53 Å². The van der Waals surface area contributed by atoms with Crippen molar-refractivity contribution >= 4 is 5.97 Å². The predicted molar refractivity (Wildman–Crippen MR) is 60.6 cm³/mol. The third kappa shape index (κ3) is 3.82. The van der Waals surface area contributed by atoms with Crippen molar-refractivity contribution in [3.05, 3.63) is 0 Å². The molecule has 3 unspecified atom stereocenters. The molecule has 15 heavy (non-hydrogen) atoms. The summed E-state index contributed by atoms with van der Waals surface area (Å²) in [5, 5.41) is 2.90. The molecule has 3 nitrogen and oxygen atoms in total. The van der Waals surface area contributed by atoms with E-state index in [0.717, 1.165) is 12.8 Å². The van der Waals surface area contributed by atoms with Crippen molar-refractivity contribution in [2.75, 3.05) is 7.05 Å². The van der Waals surface area contributed by atoms with Crippen LogP contribution in [-0.4, -0.2) is 25.2 Å². The SMILES string of the molecule is CNC(C)C(=O)OC1CC(C)CC(C)C1. The number of carbonyl (C=O) groups excluding carboxylic acids is 1. The Morgan fingerprint density at radius 1 is 1.27 bits per heavy atom. The molecule has 0 spiro atoms. The van der Waals surface area contributed by atoms with Crippen molar-refractivity contribution in [3.63, 3.8) is 0 Å². The van der Waals surface area contributed by atoms with Gasteiger partial charge < -0.3 is 10.1 Å². The molecule has 0 aromatic heterocycles. The van der Waals surface area contributed by atoms with Crippen LogP contribution in [0.5, 0.6) is 0 Å². The van der Waals surface area contributed by atoms with Crippen LogP contribution < -0.4 is 5.32 Å². The van der Waals surface area contributed by atoms with Gasteiger partial charge in [-0.2, -0.15) is 0 Å². The van der Waals surface area contributed by atoms with Crippen molar-refractivity contribution < 1.29 is 9.53 Å². The van der Waals surface area contributed by atoms with Crippen molar-refractivity contribution in [2.45, 2.75) is 52.2 Å². The van der Waals surface area contributed by atoms with Gasteiger partial charge in [-0.25, -0.2) is 0 Å². The molecule has 0 amide bonds. The first-order chi connectivity index (χ1) is 7.02. The van der Waals surface area contributed by atoms with E-state index in [1.165, 1.54) is 6.42 Å². The van der Waals surface area contributed by atoms with Crippen molar-refractivity contribution in [1.82, 2.24) is 5.32 Å². The van der Waals surface area contributed by atoms with Gasteiger partial charge in [-0.3, -0.25) is 4.79 Å². The normalized spacial score (nSPS) is 33.5. The van der Waals surface area contributed by atoms with Gasteiger partial charge in [0.15, 0.2) is 0 Å². The minimum Gasteiger partial charge on any atom is -0.461 e. The summed E-state index contributed by atoms with van der Waals surface area (Å²) < 4.78 is 5.48. The van der Waals surface area contributed by atoms with Gasteiger partial charge in [0.25, 0.3) is 0 Å². The Hall–Kier alpha value is -0.570. The molecular weight excluding hydrogens is 190 g/mol. The van der Waals surface area contributed by atoms with Crippen LogP contribution in [0.15, 0.2) is 0 Å². The van der Waals surface area contributed by atoms with Gasteiger partial charge in [0, 0.05) is 0 Å². The van der Waals surface area contributed by atoms with E-state index in [2.05, 4.69) is 19.2 Å². The lowest BCUT2D eigenvalue weighted by Crippen LogP contribution is -2.37. The highest BCUT2D eigenvalue weighted by molar-refractivity contribution is 5.75. The number of rotatable bonds is 3. The second-order valence-corrected chi connectivity index (χ2v) is 4.99. The van der Waals surface area contributed by atoms with Gasteiger partial charge in [0.2, 0.25) is 0 Å². The number of hydrogen-bond donors (Lipinski definition) is 1. The zero-order valence-electron chi connectivity index (χ0n) is 10.2. The molecule has 1 rings (SSSR count). The summed E-state index contributed by atoms with van der Waals surface area (Å²) in [4.78, 5) is 11.6. The van der Waals surface area contributed by atoms with E-state index in [1.54, 1.807) is 7.05 Å². The Morgan fingerprint density at radius 3 is 2.27 bits per heavy atom. The van der Waals surface area contributed by atoms with Gasteiger partial charge in [-0.1, -0.05) is 13.8 Å². The summed E-state index contributed by atoms with van der Waals surface area (Å²) in [6.45, 7) is 6.30. The molecule has 1 fully saturated rings. The molecule has 0 radical (unpaired) electrons. The number of carbonyl (C=O) groups is 1. The van der Waals surface area contributed by atoms with Gasteiger partial charge >= 0.3 is 5.97 Å². The van der Waals surface area contributed by atoms with Crippen LogP contribution in [0, 0.1) is 11.8 Å². The molecule has 3 atom stereocenters. The molecule has 1 aliphatic carbocycles. The average molecular weight is 213 g/mol. The molecule has 0 saturated heterocycles. The molecule has 0 aliphatic heterocycles. The topological polar surface area (TPSA) is 38.3 Å². The molecule has 88 valence electrons. The van der Waals surface area contributed by atoms with Crippen molar-refractivity contribution in [2.24, 2.45) is 11.8 Å². The highest BCUT2D eigenvalue weighted by atomic mass is 16.5. The number of esters is 1. The molecule has 1 aliphatic rings. The maximum absolute atomic E-state index is 11.6. The van der Waals surface area contributed by atoms with Gasteiger partial charge in [0.1, 0.15) is 12.1 Å². The molecule has 0 aromatic carbocycles. The number of likely N-dealkylation sites (N-methyl/N-ethyl adjacent to an activating group) is 1. The van der Waals surface area contributed by atoms with Crippen molar-refractivity contribution in [3.8, 4) is 0 Å². The molecule has 3 heteroatoms. The van der Waals surface area contributed by atoms with E-state index < -0.39 is 0 Å². The van der Waals surface area contributed by atoms with Crippen molar-refractivity contribution in [1.29, 1.82) is 0 Å². The second-order valence-electron chi connectivity index (χ2n) is 4.99. The zero-order valence-corrected chi connectivity index (χ0v) is 10.2. The standard InChI is InChI=1S/C12H23NO2/c1-8-5-9(2)7-11(6-8)15-12(14)10(3)13-4/h8-11,13H,5-7H2,1-4H3. The number of nitrogens with one attached hydrogen (secondary N) is 1. The molecule has 0 bridgehead atoms. The Labute approximate surface area is 92.6 Å². The Bertz CT molecular complexity index is 208. The first-order valence-electron chi connectivity index (χ1n) is 5.90. The van der Waals surface area contributed by atoms with Crippen LogP contribution in [0.3, 0.4) is 0 Å². The van der Waals surface area contributed by atoms with Gasteiger partial charge in [-0.05, 0) is 45.1 Å². The smallest absolute Gasteiger partial charge is 0.323 e. The molecular formula is C12H23NO2. The van der Waals surface area contributed by atoms with Crippen LogP contribution in [0.1, 0.15) is 40.0 Å². The summed E-state index contributed by atoms with van der Waals surface area (Å²) in [6, 6.07) is -0.197. The van der Waals surface area contributed by atoms with E-state index in [1.807, 2.05) is 6.92 Å². The first-order valence-corrected chi connectivity index (χ1v) is 5.90. The maximum atomic E-state index is 11.6. The highest BCUT2D eigenvalue weighted by Gasteiger charge is 2.27. The highest BCUT2D eigenvalue weighted by Crippen LogP contribution is 2.30. The largest absolute Gasteiger partial charge is 0.461 e. The summed E-state index contributed by atoms with van der Waals surface area (Å²) in [6.07, 6.45) is 3.43. The van der Waals surface area contributed by atoms with Crippen LogP contribution in [0.4, 0.5) is 0 Å². The molecule has 0 aromatic rings. The Balaban J connectivity index is 2.40. The predicted octanol–water partition coefficient (Wildman–Crippen LogP) is 1.96. The summed E-state index contributed by atoms with van der Waals surface area (Å²) in [5.74, 6) is 1.23.